The number of halogens is 2. The molecule has 9 heteroatoms. The lowest BCUT2D eigenvalue weighted by Crippen LogP contribution is -2.42. The largest absolute Gasteiger partial charge is 0.507 e. The quantitative estimate of drug-likeness (QED) is 0.384. The van der Waals surface area contributed by atoms with Gasteiger partial charge in [-0.15, -0.1) is 0 Å². The Morgan fingerprint density at radius 3 is 2.55 bits per heavy atom. The number of phenolic OH excluding ortho intramolecular Hbond substituents is 1. The lowest BCUT2D eigenvalue weighted by Gasteiger charge is -2.26. The molecule has 2 saturated heterocycles. The zero-order chi connectivity index (χ0) is 26.6. The van der Waals surface area contributed by atoms with E-state index in [0.29, 0.717) is 33.0 Å². The minimum atomic E-state index is -0.482. The molecule has 1 spiro atoms. The van der Waals surface area contributed by atoms with Gasteiger partial charge in [0.25, 0.3) is 0 Å². The molecule has 2 aromatic heterocycles. The smallest absolute Gasteiger partial charge is 0.332 e. The highest BCUT2D eigenvalue weighted by Crippen LogP contribution is 2.42. The predicted octanol–water partition coefficient (Wildman–Crippen LogP) is 5.04. The molecule has 0 aliphatic carbocycles. The highest BCUT2D eigenvalue weighted by atomic mass is 35.5. The first-order chi connectivity index (χ1) is 18.2. The first kappa shape index (κ1) is 24.7. The van der Waals surface area contributed by atoms with Crippen LogP contribution in [0.3, 0.4) is 0 Å². The van der Waals surface area contributed by atoms with E-state index in [1.54, 1.807) is 43.8 Å². The highest BCUT2D eigenvalue weighted by molar-refractivity contribution is 6.32. The van der Waals surface area contributed by atoms with Crippen molar-refractivity contribution in [2.75, 3.05) is 24.5 Å². The zero-order valence-electron chi connectivity index (χ0n) is 21.3. The average Bonchev–Trinajstić information content (AvgIpc) is 3.63. The van der Waals surface area contributed by atoms with E-state index < -0.39 is 5.82 Å². The van der Waals surface area contributed by atoms with Crippen molar-refractivity contribution in [2.45, 2.75) is 31.7 Å². The van der Waals surface area contributed by atoms with Gasteiger partial charge in [-0.2, -0.15) is 0 Å². The predicted molar refractivity (Wildman–Crippen MR) is 148 cm³/mol. The second kappa shape index (κ2) is 9.29. The van der Waals surface area contributed by atoms with Gasteiger partial charge in [-0.3, -0.25) is 9.55 Å². The Balaban J connectivity index is 1.37. The first-order valence-corrected chi connectivity index (χ1v) is 13.2. The lowest BCUT2D eigenvalue weighted by atomic mass is 9.96. The van der Waals surface area contributed by atoms with E-state index >= 15 is 0 Å². The Hall–Kier alpha value is -3.62. The van der Waals surface area contributed by atoms with Gasteiger partial charge >= 0.3 is 5.69 Å². The van der Waals surface area contributed by atoms with Gasteiger partial charge in [0.15, 0.2) is 0 Å². The minimum Gasteiger partial charge on any atom is -0.507 e. The van der Waals surface area contributed by atoms with Gasteiger partial charge in [0.05, 0.1) is 22.1 Å². The third kappa shape index (κ3) is 4.18. The summed E-state index contributed by atoms with van der Waals surface area (Å²) in [4.78, 5) is 19.3. The summed E-state index contributed by atoms with van der Waals surface area (Å²) in [6.45, 7) is 4.87. The number of phenols is 1. The van der Waals surface area contributed by atoms with Gasteiger partial charge in [-0.25, -0.2) is 9.18 Å². The average molecular weight is 534 g/mol. The summed E-state index contributed by atoms with van der Waals surface area (Å²) in [5.41, 5.74) is 4.19. The second-order valence-electron chi connectivity index (χ2n) is 10.4. The van der Waals surface area contributed by atoms with Crippen molar-refractivity contribution in [3.8, 4) is 33.7 Å². The van der Waals surface area contributed by atoms with Gasteiger partial charge in [-0.1, -0.05) is 17.7 Å². The molecule has 2 N–H and O–H groups in total. The fourth-order valence-corrected chi connectivity index (χ4v) is 6.11. The number of imidazole rings is 1. The summed E-state index contributed by atoms with van der Waals surface area (Å²) in [5.74, 6) is -0.538. The molecule has 0 amide bonds. The van der Waals surface area contributed by atoms with Gasteiger partial charge in [0.1, 0.15) is 11.6 Å². The van der Waals surface area contributed by atoms with Crippen molar-refractivity contribution in [3.63, 3.8) is 0 Å². The summed E-state index contributed by atoms with van der Waals surface area (Å²) in [7, 11) is 1.66. The molecular formula is C29H29ClFN5O2. The van der Waals surface area contributed by atoms with Gasteiger partial charge in [0.2, 0.25) is 0 Å². The van der Waals surface area contributed by atoms with E-state index in [9.17, 15) is 14.3 Å². The number of aryl methyl sites for hydroxylation is 2. The van der Waals surface area contributed by atoms with Crippen LogP contribution in [0.5, 0.6) is 5.75 Å². The summed E-state index contributed by atoms with van der Waals surface area (Å²) < 4.78 is 17.8. The molecule has 1 atom stereocenters. The van der Waals surface area contributed by atoms with E-state index in [1.807, 2.05) is 13.0 Å². The van der Waals surface area contributed by atoms with Crippen LogP contribution in [0.4, 0.5) is 10.1 Å². The number of aromatic nitrogens is 3. The maximum Gasteiger partial charge on any atom is 0.332 e. The molecular weight excluding hydrogens is 505 g/mol. The fraction of sp³-hybridized carbons (Fsp3) is 0.310. The Bertz CT molecular complexity index is 1610. The Morgan fingerprint density at radius 2 is 1.87 bits per heavy atom. The number of pyridine rings is 1. The van der Waals surface area contributed by atoms with Crippen LogP contribution < -0.4 is 15.9 Å². The Labute approximate surface area is 225 Å². The summed E-state index contributed by atoms with van der Waals surface area (Å²) in [6.07, 6.45) is 8.40. The summed E-state index contributed by atoms with van der Waals surface area (Å²) in [5, 5.41) is 15.3. The van der Waals surface area contributed by atoms with E-state index in [0.717, 1.165) is 37.4 Å². The molecule has 7 nitrogen and oxygen atoms in total. The maximum atomic E-state index is 14.9. The second-order valence-corrected chi connectivity index (χ2v) is 10.8. The number of nitrogens with one attached hydrogen (secondary N) is 1. The zero-order valence-corrected chi connectivity index (χ0v) is 22.1. The Morgan fingerprint density at radius 1 is 1.08 bits per heavy atom. The topological polar surface area (TPSA) is 75.3 Å². The van der Waals surface area contributed by atoms with Crippen molar-refractivity contribution >= 4 is 17.3 Å². The van der Waals surface area contributed by atoms with Crippen LogP contribution in [-0.2, 0) is 7.05 Å². The number of hydrogen-bond donors (Lipinski definition) is 2. The van der Waals surface area contributed by atoms with E-state index in [-0.39, 0.29) is 17.0 Å². The molecule has 4 aromatic rings. The highest BCUT2D eigenvalue weighted by Gasteiger charge is 2.40. The van der Waals surface area contributed by atoms with Crippen molar-refractivity contribution in [1.29, 1.82) is 0 Å². The minimum absolute atomic E-state index is 0.0564. The number of nitrogens with zero attached hydrogens (tertiary/aromatic N) is 4. The van der Waals surface area contributed by atoms with Crippen LogP contribution in [0.25, 0.3) is 27.9 Å². The standard InChI is InChI=1S/C29H29ClFN5O2/c1-18-26(35-9-7-29(17-35)6-3-8-33-29)13-20(16-32-18)23-15-21(31)14-22(27(23)37)19-4-5-25(24(30)12-19)36-11-10-34(2)28(36)38/h4-5,10-16,33,37H,3,6-9,17H2,1-2H3. The number of hydrogen-bond acceptors (Lipinski definition) is 5. The maximum absolute atomic E-state index is 14.9. The molecule has 38 heavy (non-hydrogen) atoms. The molecule has 196 valence electrons. The third-order valence-electron chi connectivity index (χ3n) is 7.94. The number of rotatable bonds is 4. The monoisotopic (exact) mass is 533 g/mol. The Kier molecular flexibility index (Phi) is 6.04. The third-order valence-corrected chi connectivity index (χ3v) is 8.24. The van der Waals surface area contributed by atoms with Crippen molar-refractivity contribution < 1.29 is 9.50 Å². The molecule has 2 aliphatic heterocycles. The van der Waals surface area contributed by atoms with E-state index in [4.69, 9.17) is 11.6 Å². The van der Waals surface area contributed by atoms with Gasteiger partial charge in [-0.05, 0) is 68.6 Å². The lowest BCUT2D eigenvalue weighted by molar-refractivity contribution is 0.419. The number of aromatic hydroxyl groups is 1. The summed E-state index contributed by atoms with van der Waals surface area (Å²) >= 11 is 6.54. The molecule has 0 bridgehead atoms. The van der Waals surface area contributed by atoms with Gasteiger partial charge in [0, 0.05) is 61.0 Å². The van der Waals surface area contributed by atoms with Gasteiger partial charge < -0.3 is 19.9 Å². The molecule has 2 aromatic carbocycles. The number of benzene rings is 2. The molecule has 2 aliphatic rings. The van der Waals surface area contributed by atoms with Crippen molar-refractivity contribution in [2.24, 2.45) is 7.05 Å². The van der Waals surface area contributed by atoms with Crippen LogP contribution >= 0.6 is 11.6 Å². The number of anilines is 1. The molecule has 0 saturated carbocycles. The van der Waals surface area contributed by atoms with Crippen molar-refractivity contribution in [3.05, 3.63) is 82.0 Å². The normalized spacial score (nSPS) is 19.1. The van der Waals surface area contributed by atoms with Crippen LogP contribution in [0.2, 0.25) is 5.02 Å². The van der Waals surface area contributed by atoms with Crippen LogP contribution in [0, 0.1) is 12.7 Å². The fourth-order valence-electron chi connectivity index (χ4n) is 5.84. The van der Waals surface area contributed by atoms with E-state index in [2.05, 4.69) is 15.2 Å². The van der Waals surface area contributed by atoms with Crippen LogP contribution in [-0.4, -0.2) is 44.4 Å². The molecule has 2 fully saturated rings. The van der Waals surface area contributed by atoms with E-state index in [1.165, 1.54) is 34.1 Å². The molecule has 0 radical (unpaired) electrons. The first-order valence-electron chi connectivity index (χ1n) is 12.8. The van der Waals surface area contributed by atoms with Crippen LogP contribution in [0.15, 0.2) is 59.8 Å². The summed E-state index contributed by atoms with van der Waals surface area (Å²) in [6, 6.07) is 9.65. The molecule has 6 rings (SSSR count). The molecule has 4 heterocycles. The van der Waals surface area contributed by atoms with Crippen LogP contribution in [0.1, 0.15) is 25.0 Å². The SMILES string of the molecule is Cc1ncc(-c2cc(F)cc(-c3ccc(-n4ccn(C)c4=O)c(Cl)c3)c2O)cc1N1CCC2(CCCN2)C1. The van der Waals surface area contributed by atoms with Crippen molar-refractivity contribution in [1.82, 2.24) is 19.4 Å². The molecule has 1 unspecified atom stereocenters.